The van der Waals surface area contributed by atoms with Gasteiger partial charge in [0.05, 0.1) is 12.7 Å². The SMILES string of the molecule is CCCC1CCC(C2CCCc3ccc4c(c3C3C(CCC5CCCCC53)OC2)CCCC4)CC1. The normalized spacial score (nSPS) is 37.9. The third-order valence-electron chi connectivity index (χ3n) is 11.5. The second-order valence-electron chi connectivity index (χ2n) is 13.4. The molecule has 0 aromatic heterocycles. The van der Waals surface area contributed by atoms with Crippen molar-refractivity contribution < 1.29 is 4.74 Å². The lowest BCUT2D eigenvalue weighted by Gasteiger charge is -2.48. The lowest BCUT2D eigenvalue weighted by atomic mass is 9.60. The average molecular weight is 477 g/mol. The van der Waals surface area contributed by atoms with E-state index in [4.69, 9.17) is 4.74 Å². The Morgan fingerprint density at radius 1 is 0.686 bits per heavy atom. The van der Waals surface area contributed by atoms with Crippen LogP contribution in [0.25, 0.3) is 0 Å². The topological polar surface area (TPSA) is 9.23 Å². The molecule has 1 aromatic carbocycles. The van der Waals surface area contributed by atoms with Crippen LogP contribution in [0.5, 0.6) is 0 Å². The van der Waals surface area contributed by atoms with E-state index in [9.17, 15) is 0 Å². The van der Waals surface area contributed by atoms with Crippen LogP contribution in [0.15, 0.2) is 12.1 Å². The molecule has 5 atom stereocenters. The number of ether oxygens (including phenoxy) is 1. The Kier molecular flexibility index (Phi) is 7.90. The fourth-order valence-corrected chi connectivity index (χ4v) is 9.64. The molecule has 1 nitrogen and oxygen atoms in total. The van der Waals surface area contributed by atoms with E-state index >= 15 is 0 Å². The number of benzene rings is 1. The number of aryl methyl sites for hydroxylation is 2. The van der Waals surface area contributed by atoms with E-state index < -0.39 is 0 Å². The summed E-state index contributed by atoms with van der Waals surface area (Å²) in [6.45, 7) is 3.43. The largest absolute Gasteiger partial charge is 0.377 e. The fourth-order valence-electron chi connectivity index (χ4n) is 9.64. The monoisotopic (exact) mass is 476 g/mol. The van der Waals surface area contributed by atoms with Crippen LogP contribution in [0.3, 0.4) is 0 Å². The Balaban J connectivity index is 1.29. The molecular weight excluding hydrogens is 424 g/mol. The highest BCUT2D eigenvalue weighted by molar-refractivity contribution is 5.46. The van der Waals surface area contributed by atoms with Gasteiger partial charge >= 0.3 is 0 Å². The molecule has 5 unspecified atom stereocenters. The minimum atomic E-state index is 0.485. The Labute approximate surface area is 216 Å². The van der Waals surface area contributed by atoms with Crippen molar-refractivity contribution in [2.24, 2.45) is 29.6 Å². The fraction of sp³-hybridized carbons (Fsp3) is 0.824. The van der Waals surface area contributed by atoms with Crippen molar-refractivity contribution in [3.05, 3.63) is 34.4 Å². The van der Waals surface area contributed by atoms with Gasteiger partial charge in [-0.25, -0.2) is 0 Å². The van der Waals surface area contributed by atoms with Gasteiger partial charge in [0.1, 0.15) is 0 Å². The first kappa shape index (κ1) is 24.5. The summed E-state index contributed by atoms with van der Waals surface area (Å²) in [4.78, 5) is 0. The summed E-state index contributed by atoms with van der Waals surface area (Å²) >= 11 is 0. The minimum absolute atomic E-state index is 0.485. The first-order valence-electron chi connectivity index (χ1n) is 16.1. The second kappa shape index (κ2) is 11.3. The van der Waals surface area contributed by atoms with Crippen molar-refractivity contribution in [1.82, 2.24) is 0 Å². The standard InChI is InChI=1S/C34H52O/c1-2-8-24-15-17-25(18-16-24)29-12-7-11-28-20-19-26-9-3-5-13-30(26)33(28)34-31-14-6-4-10-27(31)21-22-32(34)35-23-29/h19-20,24-25,27,29,31-32,34H,2-18,21-23H2,1H3. The van der Waals surface area contributed by atoms with Gasteiger partial charge in [-0.2, -0.15) is 0 Å². The molecule has 1 aliphatic heterocycles. The maximum absolute atomic E-state index is 7.16. The Morgan fingerprint density at radius 2 is 1.43 bits per heavy atom. The summed E-state index contributed by atoms with van der Waals surface area (Å²) in [5, 5.41) is 0. The van der Waals surface area contributed by atoms with Crippen molar-refractivity contribution in [3.8, 4) is 0 Å². The molecule has 0 N–H and O–H groups in total. The number of hydrogen-bond donors (Lipinski definition) is 0. The van der Waals surface area contributed by atoms with Crippen molar-refractivity contribution >= 4 is 0 Å². The van der Waals surface area contributed by atoms with Crippen LogP contribution < -0.4 is 0 Å². The molecule has 0 radical (unpaired) electrons. The van der Waals surface area contributed by atoms with Crippen LogP contribution in [-0.2, 0) is 24.0 Å². The zero-order valence-corrected chi connectivity index (χ0v) is 22.7. The first-order valence-corrected chi connectivity index (χ1v) is 16.1. The van der Waals surface area contributed by atoms with Gasteiger partial charge in [0.15, 0.2) is 0 Å². The molecular formula is C34H52O. The molecule has 3 fully saturated rings. The van der Waals surface area contributed by atoms with E-state index in [1.54, 1.807) is 16.7 Å². The molecule has 0 saturated heterocycles. The van der Waals surface area contributed by atoms with Crippen LogP contribution >= 0.6 is 0 Å². The molecule has 1 heteroatoms. The highest BCUT2D eigenvalue weighted by Gasteiger charge is 2.44. The lowest BCUT2D eigenvalue weighted by Crippen LogP contribution is -2.42. The van der Waals surface area contributed by atoms with Gasteiger partial charge in [0.25, 0.3) is 0 Å². The Hall–Kier alpha value is -0.820. The lowest BCUT2D eigenvalue weighted by molar-refractivity contribution is -0.0569. The molecule has 6 rings (SSSR count). The Morgan fingerprint density at radius 3 is 2.31 bits per heavy atom. The average Bonchev–Trinajstić information content (AvgIpc) is 2.91. The zero-order valence-electron chi connectivity index (χ0n) is 22.7. The van der Waals surface area contributed by atoms with E-state index in [2.05, 4.69) is 19.1 Å². The smallest absolute Gasteiger partial charge is 0.0646 e. The van der Waals surface area contributed by atoms with Crippen LogP contribution in [0, 0.1) is 29.6 Å². The van der Waals surface area contributed by atoms with E-state index in [-0.39, 0.29) is 0 Å². The molecule has 194 valence electrons. The second-order valence-corrected chi connectivity index (χ2v) is 13.4. The van der Waals surface area contributed by atoms with Crippen molar-refractivity contribution in [2.45, 2.75) is 141 Å². The molecule has 5 aliphatic rings. The first-order chi connectivity index (χ1) is 17.3. The van der Waals surface area contributed by atoms with Gasteiger partial charge in [0, 0.05) is 5.92 Å². The molecule has 4 aliphatic carbocycles. The van der Waals surface area contributed by atoms with Crippen LogP contribution in [0.4, 0.5) is 0 Å². The molecule has 3 saturated carbocycles. The summed E-state index contributed by atoms with van der Waals surface area (Å²) in [5.41, 5.74) is 7.07. The highest BCUT2D eigenvalue weighted by atomic mass is 16.5. The van der Waals surface area contributed by atoms with Crippen molar-refractivity contribution in [3.63, 3.8) is 0 Å². The van der Waals surface area contributed by atoms with Crippen molar-refractivity contribution in [2.75, 3.05) is 6.61 Å². The van der Waals surface area contributed by atoms with E-state index in [1.165, 1.54) is 122 Å². The van der Waals surface area contributed by atoms with Crippen LogP contribution in [0.2, 0.25) is 0 Å². The zero-order chi connectivity index (χ0) is 23.6. The van der Waals surface area contributed by atoms with Gasteiger partial charge in [-0.3, -0.25) is 0 Å². The minimum Gasteiger partial charge on any atom is -0.377 e. The van der Waals surface area contributed by atoms with E-state index in [0.717, 1.165) is 36.2 Å². The summed E-state index contributed by atoms with van der Waals surface area (Å²) < 4.78 is 7.16. The number of hydrogen-bond acceptors (Lipinski definition) is 1. The molecule has 1 heterocycles. The Bertz CT molecular complexity index is 833. The van der Waals surface area contributed by atoms with Gasteiger partial charge < -0.3 is 4.74 Å². The van der Waals surface area contributed by atoms with Gasteiger partial charge in [-0.15, -0.1) is 0 Å². The predicted octanol–water partition coefficient (Wildman–Crippen LogP) is 9.19. The third kappa shape index (κ3) is 5.15. The molecule has 0 spiro atoms. The maximum Gasteiger partial charge on any atom is 0.0646 e. The molecule has 35 heavy (non-hydrogen) atoms. The van der Waals surface area contributed by atoms with Gasteiger partial charge in [-0.05, 0) is 129 Å². The van der Waals surface area contributed by atoms with Crippen LogP contribution in [0.1, 0.15) is 138 Å². The highest BCUT2D eigenvalue weighted by Crippen LogP contribution is 2.52. The summed E-state index contributed by atoms with van der Waals surface area (Å²) in [6, 6.07) is 5.14. The van der Waals surface area contributed by atoms with Gasteiger partial charge in [0.2, 0.25) is 0 Å². The summed E-state index contributed by atoms with van der Waals surface area (Å²) in [6.07, 6.45) is 27.4. The molecule has 0 amide bonds. The van der Waals surface area contributed by atoms with E-state index in [0.29, 0.717) is 12.0 Å². The molecule has 0 bridgehead atoms. The van der Waals surface area contributed by atoms with Crippen molar-refractivity contribution in [1.29, 1.82) is 0 Å². The van der Waals surface area contributed by atoms with Crippen LogP contribution in [-0.4, -0.2) is 12.7 Å². The van der Waals surface area contributed by atoms with E-state index in [1.807, 2.05) is 5.56 Å². The molecule has 1 aromatic rings. The number of rotatable bonds is 3. The van der Waals surface area contributed by atoms with Gasteiger partial charge in [-0.1, -0.05) is 64.0 Å². The summed E-state index contributed by atoms with van der Waals surface area (Å²) in [7, 11) is 0. The predicted molar refractivity (Wildman–Crippen MR) is 147 cm³/mol. The number of fused-ring (bicyclic) bond motifs is 7. The maximum atomic E-state index is 7.16. The summed E-state index contributed by atoms with van der Waals surface area (Å²) in [5.74, 6) is 5.29. The third-order valence-corrected chi connectivity index (χ3v) is 11.5. The quantitative estimate of drug-likeness (QED) is 0.422.